The van der Waals surface area contributed by atoms with Gasteiger partial charge in [0.15, 0.2) is 0 Å². The molecule has 0 unspecified atom stereocenters. The van der Waals surface area contributed by atoms with Crippen molar-refractivity contribution >= 4 is 21.4 Å². The average molecular weight is 309 g/mol. The fourth-order valence-corrected chi connectivity index (χ4v) is 3.73. The topological polar surface area (TPSA) is 34.1 Å². The molecule has 0 amide bonds. The van der Waals surface area contributed by atoms with E-state index in [0.29, 0.717) is 0 Å². The zero-order valence-electron chi connectivity index (χ0n) is 11.7. The lowest BCUT2D eigenvalue weighted by molar-refractivity contribution is 0.586. The van der Waals surface area contributed by atoms with E-state index in [1.807, 2.05) is 6.07 Å². The molecule has 0 fully saturated rings. The van der Waals surface area contributed by atoms with Gasteiger partial charge in [0.25, 0.3) is 0 Å². The fourth-order valence-electron chi connectivity index (χ4n) is 1.91. The van der Waals surface area contributed by atoms with Crippen LogP contribution in [0.1, 0.15) is 26.3 Å². The Morgan fingerprint density at radius 1 is 0.950 bits per heavy atom. The lowest BCUT2D eigenvalue weighted by atomic mass is 9.87. The monoisotopic (exact) mass is 308 g/mol. The van der Waals surface area contributed by atoms with Crippen LogP contribution in [0.3, 0.4) is 0 Å². The molecule has 0 bridgehead atoms. The Morgan fingerprint density at radius 3 is 2.05 bits per heavy atom. The lowest BCUT2D eigenvalue weighted by Crippen LogP contribution is -2.12. The van der Waals surface area contributed by atoms with Gasteiger partial charge in [-0.15, -0.1) is 0 Å². The number of rotatable bonds is 2. The first-order valence-electron chi connectivity index (χ1n) is 6.33. The maximum Gasteiger partial charge on any atom is 0.208 e. The summed E-state index contributed by atoms with van der Waals surface area (Å²) in [6.45, 7) is 6.18. The number of hydrogen-bond acceptors (Lipinski definition) is 2. The molecule has 2 aromatic carbocycles. The second kappa shape index (κ2) is 5.23. The standard InChI is InChI=1S/C16H17ClO2S/c1-16(2,3)12-9-10-15(14(17)11-12)20(18,19)13-7-5-4-6-8-13/h4-11H,1-3H3. The van der Waals surface area contributed by atoms with Crippen molar-refractivity contribution in [2.24, 2.45) is 0 Å². The van der Waals surface area contributed by atoms with Crippen molar-refractivity contribution in [3.05, 3.63) is 59.1 Å². The van der Waals surface area contributed by atoms with E-state index < -0.39 is 9.84 Å². The Bertz CT molecular complexity index is 714. The van der Waals surface area contributed by atoms with Gasteiger partial charge in [0.2, 0.25) is 9.84 Å². The van der Waals surface area contributed by atoms with Crippen molar-refractivity contribution in [1.82, 2.24) is 0 Å². The first kappa shape index (κ1) is 15.1. The van der Waals surface area contributed by atoms with Crippen LogP contribution in [0.4, 0.5) is 0 Å². The minimum Gasteiger partial charge on any atom is -0.218 e. The Kier molecular flexibility index (Phi) is 3.94. The van der Waals surface area contributed by atoms with Gasteiger partial charge in [-0.1, -0.05) is 56.6 Å². The molecule has 2 aromatic rings. The summed E-state index contributed by atoms with van der Waals surface area (Å²) in [6, 6.07) is 13.5. The molecule has 0 radical (unpaired) electrons. The quantitative estimate of drug-likeness (QED) is 0.820. The molecule has 0 aliphatic heterocycles. The smallest absolute Gasteiger partial charge is 0.208 e. The van der Waals surface area contributed by atoms with E-state index in [1.54, 1.807) is 42.5 Å². The van der Waals surface area contributed by atoms with Gasteiger partial charge < -0.3 is 0 Å². The zero-order chi connectivity index (χ0) is 15.0. The first-order valence-corrected chi connectivity index (χ1v) is 8.19. The molecule has 0 atom stereocenters. The molecule has 0 aromatic heterocycles. The lowest BCUT2D eigenvalue weighted by Gasteiger charge is -2.20. The molecule has 0 spiro atoms. The third kappa shape index (κ3) is 2.89. The van der Waals surface area contributed by atoms with Gasteiger partial charge in [-0.3, -0.25) is 0 Å². The highest BCUT2D eigenvalue weighted by Gasteiger charge is 2.22. The molecule has 2 rings (SSSR count). The molecule has 0 aliphatic carbocycles. The van der Waals surface area contributed by atoms with E-state index in [2.05, 4.69) is 20.8 Å². The van der Waals surface area contributed by atoms with E-state index in [1.165, 1.54) is 0 Å². The van der Waals surface area contributed by atoms with Gasteiger partial charge in [0, 0.05) is 0 Å². The third-order valence-corrected chi connectivity index (χ3v) is 5.39. The van der Waals surface area contributed by atoms with Crippen LogP contribution in [-0.4, -0.2) is 8.42 Å². The number of halogens is 1. The zero-order valence-corrected chi connectivity index (χ0v) is 13.3. The number of sulfone groups is 1. The van der Waals surface area contributed by atoms with Crippen LogP contribution in [0.15, 0.2) is 58.3 Å². The highest BCUT2D eigenvalue weighted by molar-refractivity contribution is 7.91. The summed E-state index contributed by atoms with van der Waals surface area (Å²) >= 11 is 6.19. The van der Waals surface area contributed by atoms with E-state index in [9.17, 15) is 8.42 Å². The summed E-state index contributed by atoms with van der Waals surface area (Å²) in [5.41, 5.74) is 0.938. The molecule has 20 heavy (non-hydrogen) atoms. The minimum atomic E-state index is -3.56. The SMILES string of the molecule is CC(C)(C)c1ccc(S(=O)(=O)c2ccccc2)c(Cl)c1. The van der Waals surface area contributed by atoms with Crippen molar-refractivity contribution in [2.45, 2.75) is 36.0 Å². The maximum absolute atomic E-state index is 12.5. The van der Waals surface area contributed by atoms with Crippen LogP contribution < -0.4 is 0 Å². The van der Waals surface area contributed by atoms with E-state index in [0.717, 1.165) is 5.56 Å². The maximum atomic E-state index is 12.5. The van der Waals surface area contributed by atoms with Crippen LogP contribution in [-0.2, 0) is 15.3 Å². The van der Waals surface area contributed by atoms with Crippen molar-refractivity contribution in [2.75, 3.05) is 0 Å². The Labute approximate surface area is 125 Å². The second-order valence-electron chi connectivity index (χ2n) is 5.71. The molecule has 0 saturated carbocycles. The van der Waals surface area contributed by atoms with Crippen molar-refractivity contribution in [3.63, 3.8) is 0 Å². The summed E-state index contributed by atoms with van der Waals surface area (Å²) in [5.74, 6) is 0. The molecular formula is C16H17ClO2S. The van der Waals surface area contributed by atoms with Gasteiger partial charge in [0.05, 0.1) is 14.8 Å². The molecule has 0 heterocycles. The molecule has 0 saturated heterocycles. The van der Waals surface area contributed by atoms with E-state index >= 15 is 0 Å². The van der Waals surface area contributed by atoms with Gasteiger partial charge in [-0.2, -0.15) is 0 Å². The highest BCUT2D eigenvalue weighted by atomic mass is 35.5. The van der Waals surface area contributed by atoms with E-state index in [-0.39, 0.29) is 20.2 Å². The largest absolute Gasteiger partial charge is 0.218 e. The van der Waals surface area contributed by atoms with Gasteiger partial charge in [-0.25, -0.2) is 8.42 Å². The molecule has 2 nitrogen and oxygen atoms in total. The molecule has 0 aliphatic rings. The summed E-state index contributed by atoms with van der Waals surface area (Å²) in [7, 11) is -3.56. The predicted molar refractivity (Wildman–Crippen MR) is 82.0 cm³/mol. The third-order valence-electron chi connectivity index (χ3n) is 3.14. The Hall–Kier alpha value is -1.32. The minimum absolute atomic E-state index is 0.0708. The van der Waals surface area contributed by atoms with Crippen LogP contribution in [0.25, 0.3) is 0 Å². The first-order chi connectivity index (χ1) is 9.23. The second-order valence-corrected chi connectivity index (χ2v) is 8.04. The van der Waals surface area contributed by atoms with Gasteiger partial charge in [-0.05, 0) is 35.2 Å². The average Bonchev–Trinajstić information content (AvgIpc) is 2.38. The number of benzene rings is 2. The Morgan fingerprint density at radius 2 is 1.55 bits per heavy atom. The molecular weight excluding hydrogens is 292 g/mol. The summed E-state index contributed by atoms with van der Waals surface area (Å²) < 4.78 is 25.1. The van der Waals surface area contributed by atoms with Crippen LogP contribution in [0.2, 0.25) is 5.02 Å². The van der Waals surface area contributed by atoms with E-state index in [4.69, 9.17) is 11.6 Å². The molecule has 0 N–H and O–H groups in total. The predicted octanol–water partition coefficient (Wildman–Crippen LogP) is 4.47. The highest BCUT2D eigenvalue weighted by Crippen LogP contribution is 2.32. The normalized spacial score (nSPS) is 12.4. The van der Waals surface area contributed by atoms with Crippen LogP contribution in [0, 0.1) is 0 Å². The van der Waals surface area contributed by atoms with Crippen LogP contribution in [0.5, 0.6) is 0 Å². The van der Waals surface area contributed by atoms with Crippen molar-refractivity contribution in [1.29, 1.82) is 0 Å². The molecule has 106 valence electrons. The van der Waals surface area contributed by atoms with Crippen LogP contribution >= 0.6 is 11.6 Å². The summed E-state index contributed by atoms with van der Waals surface area (Å²) in [5, 5.41) is 0.265. The molecule has 4 heteroatoms. The Balaban J connectivity index is 2.55. The van der Waals surface area contributed by atoms with Crippen molar-refractivity contribution in [3.8, 4) is 0 Å². The summed E-state index contributed by atoms with van der Waals surface area (Å²) in [6.07, 6.45) is 0. The number of hydrogen-bond donors (Lipinski definition) is 0. The fraction of sp³-hybridized carbons (Fsp3) is 0.250. The van der Waals surface area contributed by atoms with Crippen molar-refractivity contribution < 1.29 is 8.42 Å². The van der Waals surface area contributed by atoms with Gasteiger partial charge in [0.1, 0.15) is 0 Å². The van der Waals surface area contributed by atoms with Gasteiger partial charge >= 0.3 is 0 Å². The summed E-state index contributed by atoms with van der Waals surface area (Å²) in [4.78, 5) is 0.406.